The molecule has 2 heteroatoms. The number of rotatable bonds is 2. The van der Waals surface area contributed by atoms with E-state index in [1.807, 2.05) is 18.3 Å². The molecule has 0 spiro atoms. The van der Waals surface area contributed by atoms with Gasteiger partial charge in [0.1, 0.15) is 5.83 Å². The Bertz CT molecular complexity index is 753. The molecule has 0 fully saturated rings. The highest BCUT2D eigenvalue weighted by atomic mass is 19.1. The number of aromatic nitrogens is 1. The van der Waals surface area contributed by atoms with Gasteiger partial charge in [0.25, 0.3) is 0 Å². The summed E-state index contributed by atoms with van der Waals surface area (Å²) in [5.41, 5.74) is 4.16. The second kappa shape index (κ2) is 5.04. The predicted octanol–water partition coefficient (Wildman–Crippen LogP) is 5.30. The summed E-state index contributed by atoms with van der Waals surface area (Å²) in [7, 11) is 0. The molecular weight excluding hydrogens is 249 g/mol. The minimum Gasteiger partial charge on any atom is -0.256 e. The minimum atomic E-state index is -0.0363. The van der Waals surface area contributed by atoms with Crippen LogP contribution in [0.3, 0.4) is 0 Å². The van der Waals surface area contributed by atoms with Crippen LogP contribution in [0.15, 0.2) is 54.5 Å². The van der Waals surface area contributed by atoms with Crippen molar-refractivity contribution in [3.8, 4) is 0 Å². The number of hydrogen-bond donors (Lipinski definition) is 0. The molecular formula is C18H16FN. The van der Waals surface area contributed by atoms with Gasteiger partial charge in [-0.15, -0.1) is 0 Å². The second-order valence-electron chi connectivity index (χ2n) is 5.16. The minimum absolute atomic E-state index is 0.0363. The first-order chi connectivity index (χ1) is 9.67. The average Bonchev–Trinajstić information content (AvgIpc) is 2.48. The Morgan fingerprint density at radius 2 is 2.05 bits per heavy atom. The van der Waals surface area contributed by atoms with Crippen LogP contribution in [0.2, 0.25) is 0 Å². The van der Waals surface area contributed by atoms with Gasteiger partial charge in [-0.05, 0) is 54.2 Å². The number of pyridine rings is 1. The Morgan fingerprint density at radius 1 is 1.20 bits per heavy atom. The molecule has 0 saturated carbocycles. The standard InChI is InChI=1S/C18H16FN/c1-3-17-9-13-5-6-14(8-15(13)11-20-17)18-10-16(19)7-4-12(18)2/h3,5-6,8-11H,1,4,7H2,2H3. The molecule has 0 unspecified atom stereocenters. The van der Waals surface area contributed by atoms with Crippen molar-refractivity contribution in [3.63, 3.8) is 0 Å². The molecule has 1 aromatic carbocycles. The topological polar surface area (TPSA) is 12.9 Å². The number of nitrogens with zero attached hydrogens (tertiary/aromatic N) is 1. The van der Waals surface area contributed by atoms with Gasteiger partial charge in [-0.3, -0.25) is 4.98 Å². The summed E-state index contributed by atoms with van der Waals surface area (Å²) >= 11 is 0. The van der Waals surface area contributed by atoms with E-state index >= 15 is 0 Å². The van der Waals surface area contributed by atoms with Crippen LogP contribution >= 0.6 is 0 Å². The van der Waals surface area contributed by atoms with E-state index in [2.05, 4.69) is 30.6 Å². The van der Waals surface area contributed by atoms with E-state index in [9.17, 15) is 4.39 Å². The lowest BCUT2D eigenvalue weighted by atomic mass is 9.92. The van der Waals surface area contributed by atoms with Gasteiger partial charge in [-0.2, -0.15) is 0 Å². The highest BCUT2D eigenvalue weighted by Crippen LogP contribution is 2.32. The van der Waals surface area contributed by atoms with Gasteiger partial charge < -0.3 is 0 Å². The van der Waals surface area contributed by atoms with Gasteiger partial charge in [-0.1, -0.05) is 24.3 Å². The molecule has 100 valence electrons. The van der Waals surface area contributed by atoms with Crippen LogP contribution in [0.1, 0.15) is 31.0 Å². The predicted molar refractivity (Wildman–Crippen MR) is 82.9 cm³/mol. The molecule has 0 bridgehead atoms. The lowest BCUT2D eigenvalue weighted by Crippen LogP contribution is -1.95. The molecule has 20 heavy (non-hydrogen) atoms. The summed E-state index contributed by atoms with van der Waals surface area (Å²) in [6.07, 6.45) is 6.55. The van der Waals surface area contributed by atoms with Crippen LogP contribution in [-0.4, -0.2) is 4.98 Å². The van der Waals surface area contributed by atoms with Gasteiger partial charge in [0.15, 0.2) is 0 Å². The molecule has 0 N–H and O–H groups in total. The van der Waals surface area contributed by atoms with Crippen molar-refractivity contribution in [3.05, 3.63) is 65.8 Å². The van der Waals surface area contributed by atoms with E-state index in [4.69, 9.17) is 0 Å². The van der Waals surface area contributed by atoms with Gasteiger partial charge in [0.2, 0.25) is 0 Å². The van der Waals surface area contributed by atoms with E-state index < -0.39 is 0 Å². The Kier molecular flexibility index (Phi) is 3.23. The lowest BCUT2D eigenvalue weighted by molar-refractivity contribution is 0.584. The van der Waals surface area contributed by atoms with Crippen molar-refractivity contribution >= 4 is 22.4 Å². The Balaban J connectivity index is 2.12. The molecule has 1 aliphatic carbocycles. The molecule has 1 heterocycles. The summed E-state index contributed by atoms with van der Waals surface area (Å²) in [5, 5.41) is 2.19. The van der Waals surface area contributed by atoms with Crippen molar-refractivity contribution in [1.29, 1.82) is 0 Å². The van der Waals surface area contributed by atoms with Crippen LogP contribution in [0.25, 0.3) is 22.4 Å². The van der Waals surface area contributed by atoms with Crippen LogP contribution in [0, 0.1) is 0 Å². The first kappa shape index (κ1) is 12.8. The first-order valence-electron chi connectivity index (χ1n) is 6.76. The fourth-order valence-corrected chi connectivity index (χ4v) is 2.56. The number of benzene rings is 1. The third kappa shape index (κ3) is 2.29. The van der Waals surface area contributed by atoms with E-state index in [-0.39, 0.29) is 5.83 Å². The highest BCUT2D eigenvalue weighted by molar-refractivity contribution is 5.89. The van der Waals surface area contributed by atoms with E-state index in [0.29, 0.717) is 6.42 Å². The maximum Gasteiger partial charge on any atom is 0.101 e. The molecule has 1 aliphatic rings. The number of halogens is 1. The molecule has 1 nitrogen and oxygen atoms in total. The molecule has 0 aliphatic heterocycles. The van der Waals surface area contributed by atoms with Crippen molar-refractivity contribution in [1.82, 2.24) is 4.98 Å². The summed E-state index contributed by atoms with van der Waals surface area (Å²) in [6.45, 7) is 5.80. The fraction of sp³-hybridized carbons (Fsp3) is 0.167. The molecule has 1 aromatic heterocycles. The third-order valence-corrected chi connectivity index (χ3v) is 3.76. The number of fused-ring (bicyclic) bond motifs is 1. The summed E-state index contributed by atoms with van der Waals surface area (Å²) < 4.78 is 13.5. The quantitative estimate of drug-likeness (QED) is 0.718. The second-order valence-corrected chi connectivity index (χ2v) is 5.16. The Hall–Kier alpha value is -2.22. The van der Waals surface area contributed by atoms with Crippen molar-refractivity contribution < 1.29 is 4.39 Å². The molecule has 0 atom stereocenters. The van der Waals surface area contributed by atoms with E-state index in [1.54, 1.807) is 12.2 Å². The number of allylic oxidation sites excluding steroid dienone is 4. The van der Waals surface area contributed by atoms with Gasteiger partial charge in [-0.25, -0.2) is 4.39 Å². The van der Waals surface area contributed by atoms with Crippen molar-refractivity contribution in [2.45, 2.75) is 19.8 Å². The monoisotopic (exact) mass is 265 g/mol. The Labute approximate surface area is 118 Å². The van der Waals surface area contributed by atoms with E-state index in [0.717, 1.165) is 34.0 Å². The maximum absolute atomic E-state index is 13.5. The smallest absolute Gasteiger partial charge is 0.101 e. The SMILES string of the molecule is C=Cc1cc2ccc(C3=C(C)CCC(F)=C3)cc2cn1. The number of hydrogen-bond acceptors (Lipinski definition) is 1. The fourth-order valence-electron chi connectivity index (χ4n) is 2.56. The summed E-state index contributed by atoms with van der Waals surface area (Å²) in [5.74, 6) is -0.0363. The van der Waals surface area contributed by atoms with Gasteiger partial charge in [0, 0.05) is 18.0 Å². The van der Waals surface area contributed by atoms with Crippen molar-refractivity contribution in [2.75, 3.05) is 0 Å². The maximum atomic E-state index is 13.5. The Morgan fingerprint density at radius 3 is 2.85 bits per heavy atom. The molecule has 0 radical (unpaired) electrons. The largest absolute Gasteiger partial charge is 0.256 e. The first-order valence-corrected chi connectivity index (χ1v) is 6.76. The van der Waals surface area contributed by atoms with E-state index in [1.165, 1.54) is 5.57 Å². The molecule has 3 rings (SSSR count). The third-order valence-electron chi connectivity index (χ3n) is 3.76. The van der Waals surface area contributed by atoms with Crippen LogP contribution in [-0.2, 0) is 0 Å². The average molecular weight is 265 g/mol. The van der Waals surface area contributed by atoms with Crippen LogP contribution < -0.4 is 0 Å². The van der Waals surface area contributed by atoms with Gasteiger partial charge in [0.05, 0.1) is 5.69 Å². The van der Waals surface area contributed by atoms with Gasteiger partial charge >= 0.3 is 0 Å². The normalized spacial score (nSPS) is 15.4. The molecule has 2 aromatic rings. The zero-order valence-electron chi connectivity index (χ0n) is 11.5. The highest BCUT2D eigenvalue weighted by Gasteiger charge is 2.12. The van der Waals surface area contributed by atoms with Crippen LogP contribution in [0.5, 0.6) is 0 Å². The summed E-state index contributed by atoms with van der Waals surface area (Å²) in [6, 6.07) is 8.18. The molecule has 0 saturated heterocycles. The summed E-state index contributed by atoms with van der Waals surface area (Å²) in [4.78, 5) is 4.32. The zero-order chi connectivity index (χ0) is 14.1. The lowest BCUT2D eigenvalue weighted by Gasteiger charge is -2.15. The zero-order valence-corrected chi connectivity index (χ0v) is 11.5. The van der Waals surface area contributed by atoms with Crippen LogP contribution in [0.4, 0.5) is 4.39 Å². The molecule has 0 amide bonds. The van der Waals surface area contributed by atoms with Crippen molar-refractivity contribution in [2.24, 2.45) is 0 Å².